The van der Waals surface area contributed by atoms with Gasteiger partial charge in [-0.25, -0.2) is 0 Å². The molecule has 2 rings (SSSR count). The molecule has 3 unspecified atom stereocenters. The maximum atomic E-state index is 5.61. The standard InChI is InChI=1S/C17H27BrN2O/c1-13-8-10-20(12-17(13)21-3)11-9-16(19-2)14-6-4-5-7-15(14)18/h4-7,13,16-17,19H,8-12H2,1-3H3. The predicted molar refractivity (Wildman–Crippen MR) is 91.6 cm³/mol. The summed E-state index contributed by atoms with van der Waals surface area (Å²) in [5.74, 6) is 0.676. The van der Waals surface area contributed by atoms with E-state index >= 15 is 0 Å². The number of rotatable bonds is 6. The van der Waals surface area contributed by atoms with Crippen LogP contribution >= 0.6 is 15.9 Å². The Bertz CT molecular complexity index is 441. The van der Waals surface area contributed by atoms with Gasteiger partial charge in [0.1, 0.15) is 0 Å². The molecule has 0 saturated carbocycles. The summed E-state index contributed by atoms with van der Waals surface area (Å²) in [6.07, 6.45) is 2.73. The molecule has 21 heavy (non-hydrogen) atoms. The summed E-state index contributed by atoms with van der Waals surface area (Å²) in [7, 11) is 3.88. The third kappa shape index (κ3) is 4.52. The number of methoxy groups -OCH3 is 1. The third-order valence-corrected chi connectivity index (χ3v) is 5.36. The first-order chi connectivity index (χ1) is 10.2. The number of hydrogen-bond donors (Lipinski definition) is 1. The number of nitrogens with one attached hydrogen (secondary N) is 1. The molecule has 0 aliphatic carbocycles. The number of hydrogen-bond acceptors (Lipinski definition) is 3. The lowest BCUT2D eigenvalue weighted by Gasteiger charge is -2.36. The van der Waals surface area contributed by atoms with Crippen molar-refractivity contribution in [3.63, 3.8) is 0 Å². The van der Waals surface area contributed by atoms with E-state index in [0.717, 1.165) is 19.5 Å². The summed E-state index contributed by atoms with van der Waals surface area (Å²) in [5.41, 5.74) is 1.34. The molecule has 1 aromatic carbocycles. The predicted octanol–water partition coefficient (Wildman–Crippen LogP) is 3.46. The molecule has 0 amide bonds. The fourth-order valence-corrected chi connectivity index (χ4v) is 3.69. The fourth-order valence-electron chi connectivity index (χ4n) is 3.13. The molecule has 4 heteroatoms. The molecule has 1 aromatic rings. The van der Waals surface area contributed by atoms with E-state index in [4.69, 9.17) is 4.74 Å². The third-order valence-electron chi connectivity index (χ3n) is 4.64. The van der Waals surface area contributed by atoms with Crippen LogP contribution in [0.5, 0.6) is 0 Å². The average molecular weight is 355 g/mol. The minimum absolute atomic E-state index is 0.384. The Morgan fingerprint density at radius 1 is 1.43 bits per heavy atom. The van der Waals surface area contributed by atoms with Crippen molar-refractivity contribution >= 4 is 15.9 Å². The van der Waals surface area contributed by atoms with Crippen LogP contribution in [0, 0.1) is 5.92 Å². The van der Waals surface area contributed by atoms with Crippen molar-refractivity contribution in [3.05, 3.63) is 34.3 Å². The van der Waals surface area contributed by atoms with Crippen molar-refractivity contribution in [2.45, 2.75) is 31.9 Å². The Morgan fingerprint density at radius 3 is 2.86 bits per heavy atom. The number of piperidine rings is 1. The monoisotopic (exact) mass is 354 g/mol. The molecule has 3 atom stereocenters. The molecule has 118 valence electrons. The minimum atomic E-state index is 0.384. The summed E-state index contributed by atoms with van der Waals surface area (Å²) in [6, 6.07) is 8.87. The van der Waals surface area contributed by atoms with Crippen molar-refractivity contribution in [1.29, 1.82) is 0 Å². The van der Waals surface area contributed by atoms with Gasteiger partial charge in [0.05, 0.1) is 6.10 Å². The van der Waals surface area contributed by atoms with Crippen LogP contribution < -0.4 is 5.32 Å². The molecule has 1 fully saturated rings. The van der Waals surface area contributed by atoms with E-state index in [-0.39, 0.29) is 0 Å². The van der Waals surface area contributed by atoms with Crippen LogP contribution in [0.2, 0.25) is 0 Å². The lowest BCUT2D eigenvalue weighted by Crippen LogP contribution is -2.44. The summed E-state index contributed by atoms with van der Waals surface area (Å²) in [5, 5.41) is 3.44. The van der Waals surface area contributed by atoms with Gasteiger partial charge in [-0.3, -0.25) is 0 Å². The highest BCUT2D eigenvalue weighted by atomic mass is 79.9. The van der Waals surface area contributed by atoms with E-state index in [2.05, 4.69) is 57.3 Å². The van der Waals surface area contributed by atoms with Crippen LogP contribution in [0.25, 0.3) is 0 Å². The highest BCUT2D eigenvalue weighted by Crippen LogP contribution is 2.26. The van der Waals surface area contributed by atoms with E-state index in [9.17, 15) is 0 Å². The summed E-state index contributed by atoms with van der Waals surface area (Å²) < 4.78 is 6.79. The maximum Gasteiger partial charge on any atom is 0.0724 e. The zero-order valence-electron chi connectivity index (χ0n) is 13.3. The average Bonchev–Trinajstić information content (AvgIpc) is 2.51. The number of nitrogens with zero attached hydrogens (tertiary/aromatic N) is 1. The van der Waals surface area contributed by atoms with E-state index in [0.29, 0.717) is 18.1 Å². The number of ether oxygens (including phenoxy) is 1. The van der Waals surface area contributed by atoms with Crippen LogP contribution in [0.1, 0.15) is 31.4 Å². The number of benzene rings is 1. The van der Waals surface area contributed by atoms with Gasteiger partial charge in [-0.15, -0.1) is 0 Å². The molecule has 1 aliphatic rings. The van der Waals surface area contributed by atoms with E-state index < -0.39 is 0 Å². The first kappa shape index (κ1) is 16.9. The normalized spacial score (nSPS) is 25.0. The molecule has 0 radical (unpaired) electrons. The summed E-state index contributed by atoms with van der Waals surface area (Å²) >= 11 is 3.66. The van der Waals surface area contributed by atoms with Gasteiger partial charge >= 0.3 is 0 Å². The molecule has 0 aromatic heterocycles. The highest BCUT2D eigenvalue weighted by molar-refractivity contribution is 9.10. The topological polar surface area (TPSA) is 24.5 Å². The van der Waals surface area contributed by atoms with Gasteiger partial charge < -0.3 is 15.0 Å². The highest BCUT2D eigenvalue weighted by Gasteiger charge is 2.26. The van der Waals surface area contributed by atoms with Gasteiger partial charge in [-0.1, -0.05) is 41.1 Å². The van der Waals surface area contributed by atoms with Crippen LogP contribution in [0.4, 0.5) is 0 Å². The Hall–Kier alpha value is -0.420. The van der Waals surface area contributed by atoms with E-state index in [1.54, 1.807) is 0 Å². The molecule has 0 spiro atoms. The quantitative estimate of drug-likeness (QED) is 0.846. The molecule has 3 nitrogen and oxygen atoms in total. The first-order valence-electron chi connectivity index (χ1n) is 7.82. The van der Waals surface area contributed by atoms with Crippen molar-refractivity contribution in [1.82, 2.24) is 10.2 Å². The number of halogens is 1. The first-order valence-corrected chi connectivity index (χ1v) is 8.61. The molecule has 1 heterocycles. The zero-order valence-corrected chi connectivity index (χ0v) is 14.9. The zero-order chi connectivity index (χ0) is 15.2. The van der Waals surface area contributed by atoms with Crippen LogP contribution in [-0.2, 0) is 4.74 Å². The second kappa shape index (κ2) is 8.28. The molecular formula is C17H27BrN2O. The molecule has 1 saturated heterocycles. The minimum Gasteiger partial charge on any atom is -0.380 e. The van der Waals surface area contributed by atoms with Gasteiger partial charge in [-0.2, -0.15) is 0 Å². The van der Waals surface area contributed by atoms with Crippen molar-refractivity contribution in [3.8, 4) is 0 Å². The summed E-state index contributed by atoms with van der Waals surface area (Å²) in [4.78, 5) is 2.54. The largest absolute Gasteiger partial charge is 0.380 e. The Morgan fingerprint density at radius 2 is 2.19 bits per heavy atom. The lowest BCUT2D eigenvalue weighted by atomic mass is 9.95. The van der Waals surface area contributed by atoms with Crippen molar-refractivity contribution in [2.75, 3.05) is 33.8 Å². The van der Waals surface area contributed by atoms with E-state index in [1.807, 2.05) is 14.2 Å². The van der Waals surface area contributed by atoms with Gasteiger partial charge in [0, 0.05) is 30.7 Å². The van der Waals surface area contributed by atoms with Crippen molar-refractivity contribution in [2.24, 2.45) is 5.92 Å². The SMILES string of the molecule is CNC(CCN1CCC(C)C(OC)C1)c1ccccc1Br. The Kier molecular flexibility index (Phi) is 6.68. The smallest absolute Gasteiger partial charge is 0.0724 e. The van der Waals surface area contributed by atoms with Crippen molar-refractivity contribution < 1.29 is 4.74 Å². The Balaban J connectivity index is 1.90. The van der Waals surface area contributed by atoms with Gasteiger partial charge in [-0.05, 0) is 44.0 Å². The van der Waals surface area contributed by atoms with Gasteiger partial charge in [0.25, 0.3) is 0 Å². The molecular weight excluding hydrogens is 328 g/mol. The second-order valence-corrected chi connectivity index (χ2v) is 6.85. The number of likely N-dealkylation sites (tertiary alicyclic amines) is 1. The fraction of sp³-hybridized carbons (Fsp3) is 0.647. The molecule has 0 bridgehead atoms. The summed E-state index contributed by atoms with van der Waals surface area (Å²) in [6.45, 7) is 5.65. The van der Waals surface area contributed by atoms with Crippen LogP contribution in [-0.4, -0.2) is 44.8 Å². The van der Waals surface area contributed by atoms with Crippen LogP contribution in [0.15, 0.2) is 28.7 Å². The Labute approximate surface area is 137 Å². The second-order valence-electron chi connectivity index (χ2n) is 5.99. The lowest BCUT2D eigenvalue weighted by molar-refractivity contribution is -0.00577. The van der Waals surface area contributed by atoms with E-state index in [1.165, 1.54) is 23.0 Å². The van der Waals surface area contributed by atoms with Gasteiger partial charge in [0.15, 0.2) is 0 Å². The maximum absolute atomic E-state index is 5.61. The molecule has 1 aliphatic heterocycles. The van der Waals surface area contributed by atoms with Crippen LogP contribution in [0.3, 0.4) is 0 Å². The van der Waals surface area contributed by atoms with Gasteiger partial charge in [0.2, 0.25) is 0 Å². The molecule has 1 N–H and O–H groups in total.